The molecule has 1 fully saturated rings. The minimum atomic E-state index is 0. The fourth-order valence-electron chi connectivity index (χ4n) is 3.71. The molecule has 1 aromatic heterocycles. The molecule has 2 N–H and O–H groups in total. The maximum atomic E-state index is 6.07. The van der Waals surface area contributed by atoms with Crippen LogP contribution in [-0.2, 0) is 11.3 Å². The number of ether oxygens (including phenoxy) is 1. The molecule has 0 amide bonds. The number of nitrogens with one attached hydrogen (secondary N) is 2. The number of unbranched alkanes of at least 4 members (excludes halogenated alkanes) is 1. The van der Waals surface area contributed by atoms with Crippen LogP contribution < -0.4 is 10.6 Å². The topological polar surface area (TPSA) is 63.5 Å². The predicted molar refractivity (Wildman–Crippen MR) is 123 cm³/mol. The van der Waals surface area contributed by atoms with E-state index in [1.54, 1.807) is 0 Å². The minimum Gasteiger partial charge on any atom is -0.377 e. The number of halogens is 1. The third-order valence-corrected chi connectivity index (χ3v) is 5.10. The van der Waals surface area contributed by atoms with Gasteiger partial charge in [0, 0.05) is 51.6 Å². The fraction of sp³-hybridized carbons (Fsp3) is 0.800. The third-order valence-electron chi connectivity index (χ3n) is 5.10. The van der Waals surface area contributed by atoms with E-state index < -0.39 is 0 Å². The molecule has 0 bridgehead atoms. The lowest BCUT2D eigenvalue weighted by Crippen LogP contribution is -2.47. The molecule has 6 nitrogen and oxygen atoms in total. The molecule has 0 aliphatic carbocycles. The van der Waals surface area contributed by atoms with E-state index in [2.05, 4.69) is 45.9 Å². The summed E-state index contributed by atoms with van der Waals surface area (Å²) in [6.45, 7) is 12.6. The van der Waals surface area contributed by atoms with Gasteiger partial charge in [0.25, 0.3) is 0 Å². The Hall–Kier alpha value is -0.830. The molecule has 7 heteroatoms. The minimum absolute atomic E-state index is 0. The second-order valence-electron chi connectivity index (χ2n) is 8.31. The molecule has 1 aromatic rings. The third kappa shape index (κ3) is 7.97. The standard InChI is InChI=1S/C20H37N5O.HI/c1-16-22-11-13-25(16)12-7-6-10-23-19(21-5)24-15-17-9-8-14-26-18(17)20(2,3)4;/h11,13,17-18H,6-10,12,14-15H2,1-5H3,(H2,21,23,24);1H. The summed E-state index contributed by atoms with van der Waals surface area (Å²) in [6, 6.07) is 0. The molecule has 1 aliphatic rings. The maximum Gasteiger partial charge on any atom is 0.190 e. The summed E-state index contributed by atoms with van der Waals surface area (Å²) >= 11 is 0. The molecule has 2 heterocycles. The number of rotatable bonds is 7. The quantitative estimate of drug-likeness (QED) is 0.265. The molecule has 1 saturated heterocycles. The second-order valence-corrected chi connectivity index (χ2v) is 8.31. The molecule has 0 radical (unpaired) electrons. The molecule has 156 valence electrons. The average Bonchev–Trinajstić information content (AvgIpc) is 3.02. The Morgan fingerprint density at radius 1 is 1.33 bits per heavy atom. The second kappa shape index (κ2) is 11.9. The number of nitrogens with zero attached hydrogens (tertiary/aromatic N) is 3. The summed E-state index contributed by atoms with van der Waals surface area (Å²) in [6.07, 6.45) is 8.81. The maximum absolute atomic E-state index is 6.07. The molecule has 2 unspecified atom stereocenters. The van der Waals surface area contributed by atoms with Crippen LogP contribution in [0.25, 0.3) is 0 Å². The van der Waals surface area contributed by atoms with E-state index in [4.69, 9.17) is 4.74 Å². The van der Waals surface area contributed by atoms with Gasteiger partial charge < -0.3 is 19.9 Å². The van der Waals surface area contributed by atoms with Crippen LogP contribution in [0.5, 0.6) is 0 Å². The van der Waals surface area contributed by atoms with Crippen LogP contribution in [-0.4, -0.2) is 48.4 Å². The van der Waals surface area contributed by atoms with Gasteiger partial charge in [-0.2, -0.15) is 0 Å². The van der Waals surface area contributed by atoms with Gasteiger partial charge in [-0.3, -0.25) is 4.99 Å². The van der Waals surface area contributed by atoms with Crippen LogP contribution in [0.4, 0.5) is 0 Å². The molecular weight excluding hydrogens is 453 g/mol. The van der Waals surface area contributed by atoms with Crippen molar-refractivity contribution in [1.29, 1.82) is 0 Å². The van der Waals surface area contributed by atoms with Crippen LogP contribution >= 0.6 is 24.0 Å². The normalized spacial score (nSPS) is 20.9. The van der Waals surface area contributed by atoms with E-state index in [9.17, 15) is 0 Å². The first-order valence-electron chi connectivity index (χ1n) is 9.95. The smallest absolute Gasteiger partial charge is 0.190 e. The van der Waals surface area contributed by atoms with E-state index in [-0.39, 0.29) is 29.4 Å². The lowest BCUT2D eigenvalue weighted by Gasteiger charge is -2.40. The highest BCUT2D eigenvalue weighted by molar-refractivity contribution is 14.0. The van der Waals surface area contributed by atoms with Gasteiger partial charge in [-0.15, -0.1) is 24.0 Å². The number of aromatic nitrogens is 2. The van der Waals surface area contributed by atoms with Gasteiger partial charge in [0.1, 0.15) is 5.82 Å². The van der Waals surface area contributed by atoms with Crippen molar-refractivity contribution in [2.75, 3.05) is 26.7 Å². The number of aryl methyl sites for hydroxylation is 2. The lowest BCUT2D eigenvalue weighted by molar-refractivity contribution is -0.0835. The van der Waals surface area contributed by atoms with Gasteiger partial charge in [-0.25, -0.2) is 4.98 Å². The van der Waals surface area contributed by atoms with Gasteiger partial charge in [0.2, 0.25) is 0 Å². The Balaban J connectivity index is 0.00000364. The lowest BCUT2D eigenvalue weighted by atomic mass is 9.78. The molecule has 2 atom stereocenters. The van der Waals surface area contributed by atoms with Gasteiger partial charge in [-0.05, 0) is 38.0 Å². The van der Waals surface area contributed by atoms with Crippen LogP contribution in [0.1, 0.15) is 52.3 Å². The number of guanidine groups is 1. The molecule has 0 aromatic carbocycles. The average molecular weight is 491 g/mol. The Kier molecular flexibility index (Phi) is 10.7. The highest BCUT2D eigenvalue weighted by atomic mass is 127. The number of hydrogen-bond acceptors (Lipinski definition) is 3. The molecular formula is C20H38IN5O. The number of aliphatic imine (C=N–C) groups is 1. The Morgan fingerprint density at radius 2 is 2.11 bits per heavy atom. The van der Waals surface area contributed by atoms with Gasteiger partial charge in [0.15, 0.2) is 5.96 Å². The summed E-state index contributed by atoms with van der Waals surface area (Å²) in [4.78, 5) is 8.62. The first kappa shape index (κ1) is 24.2. The van der Waals surface area contributed by atoms with Crippen molar-refractivity contribution in [3.8, 4) is 0 Å². The summed E-state index contributed by atoms with van der Waals surface area (Å²) in [5.74, 6) is 2.51. The van der Waals surface area contributed by atoms with Crippen LogP contribution in [0.3, 0.4) is 0 Å². The van der Waals surface area contributed by atoms with Crippen molar-refractivity contribution in [1.82, 2.24) is 20.2 Å². The highest BCUT2D eigenvalue weighted by Gasteiger charge is 2.35. The Morgan fingerprint density at radius 3 is 2.74 bits per heavy atom. The fourth-order valence-corrected chi connectivity index (χ4v) is 3.71. The zero-order valence-corrected chi connectivity index (χ0v) is 20.0. The zero-order valence-electron chi connectivity index (χ0n) is 17.6. The van der Waals surface area contributed by atoms with Gasteiger partial charge >= 0.3 is 0 Å². The highest BCUT2D eigenvalue weighted by Crippen LogP contribution is 2.33. The zero-order chi connectivity index (χ0) is 19.0. The summed E-state index contributed by atoms with van der Waals surface area (Å²) in [7, 11) is 1.84. The van der Waals surface area contributed by atoms with E-state index >= 15 is 0 Å². The predicted octanol–water partition coefficient (Wildman–Crippen LogP) is 3.60. The molecule has 1 aliphatic heterocycles. The van der Waals surface area contributed by atoms with Gasteiger partial charge in [-0.1, -0.05) is 20.8 Å². The van der Waals surface area contributed by atoms with Crippen LogP contribution in [0.15, 0.2) is 17.4 Å². The van der Waals surface area contributed by atoms with Crippen molar-refractivity contribution >= 4 is 29.9 Å². The largest absolute Gasteiger partial charge is 0.377 e. The van der Waals surface area contributed by atoms with Crippen molar-refractivity contribution in [2.24, 2.45) is 16.3 Å². The first-order chi connectivity index (χ1) is 12.4. The van der Waals surface area contributed by atoms with E-state index in [0.29, 0.717) is 12.0 Å². The summed E-state index contributed by atoms with van der Waals surface area (Å²) in [5.41, 5.74) is 0.176. The number of hydrogen-bond donors (Lipinski definition) is 2. The summed E-state index contributed by atoms with van der Waals surface area (Å²) < 4.78 is 8.27. The van der Waals surface area contributed by atoms with Crippen LogP contribution in [0.2, 0.25) is 0 Å². The van der Waals surface area contributed by atoms with Crippen molar-refractivity contribution < 1.29 is 4.74 Å². The van der Waals surface area contributed by atoms with Crippen molar-refractivity contribution in [3.63, 3.8) is 0 Å². The number of imidazole rings is 1. The Bertz CT molecular complexity index is 567. The van der Waals surface area contributed by atoms with E-state index in [1.807, 2.05) is 26.4 Å². The first-order valence-corrected chi connectivity index (χ1v) is 9.95. The monoisotopic (exact) mass is 491 g/mol. The molecule has 0 saturated carbocycles. The molecule has 2 rings (SSSR count). The molecule has 0 spiro atoms. The molecule has 27 heavy (non-hydrogen) atoms. The van der Waals surface area contributed by atoms with E-state index in [1.165, 1.54) is 6.42 Å². The van der Waals surface area contributed by atoms with E-state index in [0.717, 1.165) is 57.3 Å². The van der Waals surface area contributed by atoms with Crippen molar-refractivity contribution in [2.45, 2.75) is 66.0 Å². The Labute approximate surface area is 182 Å². The van der Waals surface area contributed by atoms with Crippen LogP contribution in [0, 0.1) is 18.3 Å². The van der Waals surface area contributed by atoms with Crippen molar-refractivity contribution in [3.05, 3.63) is 18.2 Å². The SMILES string of the molecule is CN=C(NCCCCn1ccnc1C)NCC1CCCOC1C(C)(C)C.I. The van der Waals surface area contributed by atoms with Gasteiger partial charge in [0.05, 0.1) is 6.10 Å². The summed E-state index contributed by atoms with van der Waals surface area (Å²) in [5, 5.41) is 6.93.